The summed E-state index contributed by atoms with van der Waals surface area (Å²) in [6.07, 6.45) is 3.89. The lowest BCUT2D eigenvalue weighted by molar-refractivity contribution is 0.0402. The zero-order valence-electron chi connectivity index (χ0n) is 14.6. The normalized spacial score (nSPS) is 19.0. The highest BCUT2D eigenvalue weighted by atomic mass is 16.6. The van der Waals surface area contributed by atoms with Gasteiger partial charge in [0.1, 0.15) is 5.60 Å². The summed E-state index contributed by atoms with van der Waals surface area (Å²) in [4.78, 5) is 11.9. The van der Waals surface area contributed by atoms with E-state index in [1.807, 2.05) is 20.8 Å². The summed E-state index contributed by atoms with van der Waals surface area (Å²) in [6, 6.07) is 0. The first-order valence-corrected chi connectivity index (χ1v) is 8.05. The van der Waals surface area contributed by atoms with Crippen molar-refractivity contribution in [3.8, 4) is 0 Å². The van der Waals surface area contributed by atoms with Crippen molar-refractivity contribution in [3.05, 3.63) is 0 Å². The van der Waals surface area contributed by atoms with Gasteiger partial charge in [-0.05, 0) is 57.8 Å². The largest absolute Gasteiger partial charge is 0.444 e. The molecule has 4 heteroatoms. The van der Waals surface area contributed by atoms with E-state index in [0.29, 0.717) is 12.5 Å². The average Bonchev–Trinajstić information content (AvgIpc) is 3.11. The van der Waals surface area contributed by atoms with Crippen molar-refractivity contribution in [2.75, 3.05) is 13.2 Å². The molecule has 1 aliphatic rings. The number of hydrogen-bond donors (Lipinski definition) is 2. The smallest absolute Gasteiger partial charge is 0.407 e. The number of aliphatic hydroxyl groups is 1. The van der Waals surface area contributed by atoms with Gasteiger partial charge in [-0.25, -0.2) is 4.79 Å². The molecule has 1 fully saturated rings. The van der Waals surface area contributed by atoms with Crippen LogP contribution in [0.15, 0.2) is 0 Å². The molecule has 124 valence electrons. The molecule has 2 N–H and O–H groups in total. The first kappa shape index (κ1) is 18.3. The Morgan fingerprint density at radius 1 is 1.14 bits per heavy atom. The van der Waals surface area contributed by atoms with Crippen LogP contribution in [0.4, 0.5) is 4.79 Å². The molecule has 0 aromatic carbocycles. The second kappa shape index (κ2) is 6.55. The highest BCUT2D eigenvalue weighted by Gasteiger charge is 2.45. The lowest BCUT2D eigenvalue weighted by atomic mass is 9.74. The van der Waals surface area contributed by atoms with Gasteiger partial charge < -0.3 is 15.2 Å². The van der Waals surface area contributed by atoms with E-state index in [4.69, 9.17) is 4.74 Å². The summed E-state index contributed by atoms with van der Waals surface area (Å²) in [6.45, 7) is 12.8. The Balaban J connectivity index is 2.60. The van der Waals surface area contributed by atoms with Crippen molar-refractivity contribution in [1.82, 2.24) is 5.32 Å². The van der Waals surface area contributed by atoms with Gasteiger partial charge in [0, 0.05) is 12.0 Å². The van der Waals surface area contributed by atoms with E-state index in [-0.39, 0.29) is 17.4 Å². The molecule has 0 radical (unpaired) electrons. The van der Waals surface area contributed by atoms with E-state index in [1.165, 1.54) is 0 Å². The highest BCUT2D eigenvalue weighted by molar-refractivity contribution is 5.67. The molecule has 1 atom stereocenters. The van der Waals surface area contributed by atoms with Gasteiger partial charge in [-0.1, -0.05) is 20.8 Å². The summed E-state index contributed by atoms with van der Waals surface area (Å²) in [5.74, 6) is 0.528. The molecule has 21 heavy (non-hydrogen) atoms. The number of nitrogens with one attached hydrogen (secondary N) is 1. The zero-order chi connectivity index (χ0) is 16.3. The van der Waals surface area contributed by atoms with Crippen LogP contribution in [0.25, 0.3) is 0 Å². The van der Waals surface area contributed by atoms with Crippen molar-refractivity contribution < 1.29 is 14.6 Å². The molecule has 1 aliphatic carbocycles. The summed E-state index contributed by atoms with van der Waals surface area (Å²) in [7, 11) is 0. The summed E-state index contributed by atoms with van der Waals surface area (Å²) in [5, 5.41) is 12.8. The number of rotatable bonds is 6. The minimum absolute atomic E-state index is 0.129. The molecule has 1 unspecified atom stereocenters. The second-order valence-electron chi connectivity index (χ2n) is 8.71. The molecule has 0 spiro atoms. The number of ether oxygens (including phenoxy) is 1. The Labute approximate surface area is 129 Å². The predicted molar refractivity (Wildman–Crippen MR) is 85.2 cm³/mol. The molecule has 0 aliphatic heterocycles. The summed E-state index contributed by atoms with van der Waals surface area (Å²) < 4.78 is 5.29. The van der Waals surface area contributed by atoms with Gasteiger partial charge in [0.15, 0.2) is 0 Å². The quantitative estimate of drug-likeness (QED) is 0.785. The first-order valence-electron chi connectivity index (χ1n) is 8.05. The maximum atomic E-state index is 11.9. The third kappa shape index (κ3) is 6.68. The molecule has 1 saturated carbocycles. The fourth-order valence-corrected chi connectivity index (χ4v) is 2.58. The standard InChI is InChI=1S/C17H33NO3/c1-15(2,3)9-10-17(12-19,13-7-8-13)11-18-14(20)21-16(4,5)6/h13,19H,7-12H2,1-6H3,(H,18,20). The van der Waals surface area contributed by atoms with Crippen molar-refractivity contribution >= 4 is 6.09 Å². The van der Waals surface area contributed by atoms with Crippen LogP contribution in [0, 0.1) is 16.7 Å². The van der Waals surface area contributed by atoms with Crippen molar-refractivity contribution in [3.63, 3.8) is 0 Å². The molecule has 1 amide bonds. The Morgan fingerprint density at radius 2 is 1.71 bits per heavy atom. The molecule has 1 rings (SSSR count). The number of carbonyl (C=O) groups is 1. The molecular weight excluding hydrogens is 266 g/mol. The zero-order valence-corrected chi connectivity index (χ0v) is 14.6. The van der Waals surface area contributed by atoms with Gasteiger partial charge in [0.05, 0.1) is 6.61 Å². The molecule has 0 aromatic rings. The van der Waals surface area contributed by atoms with Crippen LogP contribution in [0.1, 0.15) is 67.2 Å². The number of aliphatic hydroxyl groups excluding tert-OH is 1. The van der Waals surface area contributed by atoms with Crippen LogP contribution in [-0.4, -0.2) is 30.0 Å². The van der Waals surface area contributed by atoms with E-state index in [1.54, 1.807) is 0 Å². The number of amides is 1. The molecule has 4 nitrogen and oxygen atoms in total. The van der Waals surface area contributed by atoms with Crippen LogP contribution in [0.2, 0.25) is 0 Å². The Bertz CT molecular complexity index is 350. The van der Waals surface area contributed by atoms with Crippen LogP contribution < -0.4 is 5.32 Å². The number of alkyl carbamates (subject to hydrolysis) is 1. The fraction of sp³-hybridized carbons (Fsp3) is 0.941. The van der Waals surface area contributed by atoms with Crippen LogP contribution in [0.3, 0.4) is 0 Å². The Kier molecular flexibility index (Phi) is 5.70. The average molecular weight is 299 g/mol. The molecule has 0 heterocycles. The minimum Gasteiger partial charge on any atom is -0.444 e. The van der Waals surface area contributed by atoms with Crippen molar-refractivity contribution in [1.29, 1.82) is 0 Å². The lowest BCUT2D eigenvalue weighted by Gasteiger charge is -2.35. The van der Waals surface area contributed by atoms with Gasteiger partial charge in [0.2, 0.25) is 0 Å². The summed E-state index contributed by atoms with van der Waals surface area (Å²) in [5.41, 5.74) is -0.442. The highest BCUT2D eigenvalue weighted by Crippen LogP contribution is 2.49. The third-order valence-corrected chi connectivity index (χ3v) is 4.11. The van der Waals surface area contributed by atoms with E-state index < -0.39 is 11.7 Å². The van der Waals surface area contributed by atoms with Gasteiger partial charge in [-0.3, -0.25) is 0 Å². The molecule has 0 bridgehead atoms. The van der Waals surface area contributed by atoms with Crippen LogP contribution in [0.5, 0.6) is 0 Å². The maximum Gasteiger partial charge on any atom is 0.407 e. The van der Waals surface area contributed by atoms with Gasteiger partial charge in [-0.2, -0.15) is 0 Å². The SMILES string of the molecule is CC(C)(C)CCC(CO)(CNC(=O)OC(C)(C)C)C1CC1. The third-order valence-electron chi connectivity index (χ3n) is 4.11. The predicted octanol–water partition coefficient (Wildman–Crippen LogP) is 3.73. The molecule has 0 saturated heterocycles. The molecule has 0 aromatic heterocycles. The van der Waals surface area contributed by atoms with E-state index in [9.17, 15) is 9.90 Å². The van der Waals surface area contributed by atoms with Crippen molar-refractivity contribution in [2.45, 2.75) is 72.8 Å². The first-order chi connectivity index (χ1) is 9.47. The monoisotopic (exact) mass is 299 g/mol. The van der Waals surface area contributed by atoms with Crippen LogP contribution in [-0.2, 0) is 4.74 Å². The van der Waals surface area contributed by atoms with Gasteiger partial charge in [0.25, 0.3) is 0 Å². The van der Waals surface area contributed by atoms with E-state index in [2.05, 4.69) is 26.1 Å². The number of carbonyl (C=O) groups excluding carboxylic acids is 1. The van der Waals surface area contributed by atoms with E-state index in [0.717, 1.165) is 25.7 Å². The minimum atomic E-state index is -0.489. The topological polar surface area (TPSA) is 58.6 Å². The fourth-order valence-electron chi connectivity index (χ4n) is 2.58. The van der Waals surface area contributed by atoms with Crippen LogP contribution >= 0.6 is 0 Å². The van der Waals surface area contributed by atoms with E-state index >= 15 is 0 Å². The van der Waals surface area contributed by atoms with Gasteiger partial charge in [-0.15, -0.1) is 0 Å². The Hall–Kier alpha value is -0.770. The van der Waals surface area contributed by atoms with Gasteiger partial charge >= 0.3 is 6.09 Å². The summed E-state index contributed by atoms with van der Waals surface area (Å²) >= 11 is 0. The Morgan fingerprint density at radius 3 is 2.10 bits per heavy atom. The number of hydrogen-bond acceptors (Lipinski definition) is 3. The lowest BCUT2D eigenvalue weighted by Crippen LogP contribution is -2.44. The molecular formula is C17H33NO3. The maximum absolute atomic E-state index is 11.9. The second-order valence-corrected chi connectivity index (χ2v) is 8.71. The van der Waals surface area contributed by atoms with Crippen molar-refractivity contribution in [2.24, 2.45) is 16.7 Å².